The number of anilines is 1. The monoisotopic (exact) mass is 339 g/mol. The quantitative estimate of drug-likeness (QED) is 0.797. The summed E-state index contributed by atoms with van der Waals surface area (Å²) in [5.41, 5.74) is 0.0165. The lowest BCUT2D eigenvalue weighted by Gasteiger charge is -2.35. The number of aromatic nitrogens is 1. The molecule has 128 valence electrons. The molecule has 0 unspecified atom stereocenters. The lowest BCUT2D eigenvalue weighted by atomic mass is 10.2. The van der Waals surface area contributed by atoms with Crippen LogP contribution >= 0.6 is 0 Å². The second kappa shape index (κ2) is 6.76. The van der Waals surface area contributed by atoms with Crippen molar-refractivity contribution in [3.63, 3.8) is 0 Å². The molecule has 7 heteroatoms. The Kier molecular flexibility index (Phi) is 4.71. The summed E-state index contributed by atoms with van der Waals surface area (Å²) in [6.07, 6.45) is -4.44. The van der Waals surface area contributed by atoms with Gasteiger partial charge in [0.15, 0.2) is 0 Å². The van der Waals surface area contributed by atoms with Gasteiger partial charge in [0.2, 0.25) is 0 Å². The normalized spacial score (nSPS) is 16.4. The van der Waals surface area contributed by atoms with E-state index in [4.69, 9.17) is 0 Å². The van der Waals surface area contributed by atoms with Crippen molar-refractivity contribution in [1.29, 1.82) is 0 Å². The van der Waals surface area contributed by atoms with Crippen LogP contribution < -0.4 is 4.90 Å². The van der Waals surface area contributed by atoms with E-state index < -0.39 is 11.9 Å². The number of piperazine rings is 1. The number of pyridine rings is 1. The molecule has 3 nitrogen and oxygen atoms in total. The van der Waals surface area contributed by atoms with Gasteiger partial charge < -0.3 is 4.90 Å². The summed E-state index contributed by atoms with van der Waals surface area (Å²) in [5, 5.41) is 0. The first-order valence-electron chi connectivity index (χ1n) is 7.68. The zero-order valence-corrected chi connectivity index (χ0v) is 12.9. The Morgan fingerprint density at radius 2 is 1.67 bits per heavy atom. The smallest absolute Gasteiger partial charge is 0.354 e. The minimum atomic E-state index is -4.44. The molecule has 2 heterocycles. The summed E-state index contributed by atoms with van der Waals surface area (Å²) < 4.78 is 51.5. The van der Waals surface area contributed by atoms with E-state index in [0.29, 0.717) is 38.5 Å². The number of hydrogen-bond donors (Lipinski definition) is 0. The van der Waals surface area contributed by atoms with Crippen LogP contribution in [-0.2, 0) is 12.7 Å². The molecule has 1 aromatic heterocycles. The maximum absolute atomic E-state index is 13.2. The Balaban J connectivity index is 1.61. The summed E-state index contributed by atoms with van der Waals surface area (Å²) in [6.45, 7) is 3.18. The zero-order valence-electron chi connectivity index (χ0n) is 12.9. The first kappa shape index (κ1) is 16.7. The van der Waals surface area contributed by atoms with Crippen molar-refractivity contribution in [1.82, 2.24) is 9.88 Å². The molecule has 1 fully saturated rings. The van der Waals surface area contributed by atoms with Crippen molar-refractivity contribution in [2.45, 2.75) is 12.7 Å². The van der Waals surface area contributed by atoms with Gasteiger partial charge in [0.1, 0.15) is 17.3 Å². The first-order valence-corrected chi connectivity index (χ1v) is 7.68. The fraction of sp³-hybridized carbons (Fsp3) is 0.353. The van der Waals surface area contributed by atoms with Gasteiger partial charge in [-0.25, -0.2) is 9.37 Å². The highest BCUT2D eigenvalue weighted by molar-refractivity contribution is 5.40. The van der Waals surface area contributed by atoms with E-state index in [1.165, 1.54) is 18.2 Å². The highest BCUT2D eigenvalue weighted by atomic mass is 19.4. The molecule has 0 radical (unpaired) electrons. The van der Waals surface area contributed by atoms with Gasteiger partial charge in [-0.1, -0.05) is 18.2 Å². The maximum Gasteiger partial charge on any atom is 0.433 e. The number of nitrogens with zero attached hydrogens (tertiary/aromatic N) is 3. The molecule has 1 saturated heterocycles. The number of rotatable bonds is 3. The SMILES string of the molecule is Fc1cccc(CN2CCN(c3cccc(C(F)(F)F)n3)CC2)c1. The van der Waals surface area contributed by atoms with E-state index in [9.17, 15) is 17.6 Å². The van der Waals surface area contributed by atoms with Crippen molar-refractivity contribution >= 4 is 5.82 Å². The molecule has 0 amide bonds. The minimum absolute atomic E-state index is 0.265. The lowest BCUT2D eigenvalue weighted by molar-refractivity contribution is -0.141. The molecule has 1 aliphatic heterocycles. The largest absolute Gasteiger partial charge is 0.433 e. The molecule has 0 N–H and O–H groups in total. The molecule has 0 bridgehead atoms. The number of hydrogen-bond acceptors (Lipinski definition) is 3. The molecule has 0 saturated carbocycles. The van der Waals surface area contributed by atoms with Gasteiger partial charge in [-0.2, -0.15) is 13.2 Å². The van der Waals surface area contributed by atoms with E-state index in [0.717, 1.165) is 11.6 Å². The van der Waals surface area contributed by atoms with Crippen molar-refractivity contribution in [3.05, 3.63) is 59.5 Å². The van der Waals surface area contributed by atoms with Gasteiger partial charge in [0.25, 0.3) is 0 Å². The number of alkyl halides is 3. The van der Waals surface area contributed by atoms with E-state index in [1.807, 2.05) is 11.0 Å². The Labute approximate surface area is 137 Å². The van der Waals surface area contributed by atoms with Crippen molar-refractivity contribution in [3.8, 4) is 0 Å². The third-order valence-electron chi connectivity index (χ3n) is 4.02. The van der Waals surface area contributed by atoms with Gasteiger partial charge >= 0.3 is 6.18 Å². The van der Waals surface area contributed by atoms with Crippen LogP contribution in [-0.4, -0.2) is 36.1 Å². The summed E-state index contributed by atoms with van der Waals surface area (Å²) in [5.74, 6) is 0.0783. The standard InChI is InChI=1S/C17H17F4N3/c18-14-4-1-3-13(11-14)12-23-7-9-24(10-8-23)16-6-2-5-15(22-16)17(19,20)21/h1-6,11H,7-10,12H2. The van der Waals surface area contributed by atoms with Crippen LogP contribution in [0.3, 0.4) is 0 Å². The summed E-state index contributed by atoms with van der Waals surface area (Å²) in [4.78, 5) is 7.72. The Bertz CT molecular complexity index is 694. The van der Waals surface area contributed by atoms with Crippen molar-refractivity contribution in [2.24, 2.45) is 0 Å². The predicted molar refractivity (Wildman–Crippen MR) is 83.1 cm³/mol. The maximum atomic E-state index is 13.2. The van der Waals surface area contributed by atoms with E-state index in [1.54, 1.807) is 12.1 Å². The van der Waals surface area contributed by atoms with E-state index >= 15 is 0 Å². The van der Waals surface area contributed by atoms with Gasteiger partial charge in [-0.3, -0.25) is 4.90 Å². The van der Waals surface area contributed by atoms with Crippen LogP contribution in [0, 0.1) is 5.82 Å². The second-order valence-corrected chi connectivity index (χ2v) is 5.77. The van der Waals surface area contributed by atoms with Crippen molar-refractivity contribution < 1.29 is 17.6 Å². The molecule has 1 aromatic carbocycles. The fourth-order valence-corrected chi connectivity index (χ4v) is 2.79. The van der Waals surface area contributed by atoms with E-state index in [-0.39, 0.29) is 5.82 Å². The molecule has 24 heavy (non-hydrogen) atoms. The third-order valence-corrected chi connectivity index (χ3v) is 4.02. The van der Waals surface area contributed by atoms with Crippen LogP contribution in [0.1, 0.15) is 11.3 Å². The summed E-state index contributed by atoms with van der Waals surface area (Å²) in [7, 11) is 0. The van der Waals surface area contributed by atoms with Crippen LogP contribution in [0.4, 0.5) is 23.4 Å². The number of benzene rings is 1. The molecule has 1 aliphatic rings. The molecular weight excluding hydrogens is 322 g/mol. The fourth-order valence-electron chi connectivity index (χ4n) is 2.79. The summed E-state index contributed by atoms with van der Waals surface area (Å²) in [6, 6.07) is 10.4. The third kappa shape index (κ3) is 4.03. The molecule has 2 aromatic rings. The first-order chi connectivity index (χ1) is 11.4. The molecule has 0 spiro atoms. The lowest BCUT2D eigenvalue weighted by Crippen LogP contribution is -2.46. The van der Waals surface area contributed by atoms with Crippen LogP contribution in [0.5, 0.6) is 0 Å². The molecule has 3 rings (SSSR count). The average molecular weight is 339 g/mol. The highest BCUT2D eigenvalue weighted by Gasteiger charge is 2.33. The Morgan fingerprint density at radius 3 is 2.33 bits per heavy atom. The molecule has 0 aliphatic carbocycles. The Morgan fingerprint density at radius 1 is 0.958 bits per heavy atom. The molecular formula is C17H17F4N3. The van der Waals surface area contributed by atoms with Gasteiger partial charge in [0, 0.05) is 32.7 Å². The van der Waals surface area contributed by atoms with Gasteiger partial charge in [-0.15, -0.1) is 0 Å². The second-order valence-electron chi connectivity index (χ2n) is 5.77. The zero-order chi connectivity index (χ0) is 17.2. The van der Waals surface area contributed by atoms with Crippen molar-refractivity contribution in [2.75, 3.05) is 31.1 Å². The summed E-state index contributed by atoms with van der Waals surface area (Å²) >= 11 is 0. The van der Waals surface area contributed by atoms with Gasteiger partial charge in [0.05, 0.1) is 0 Å². The van der Waals surface area contributed by atoms with Crippen LogP contribution in [0.15, 0.2) is 42.5 Å². The molecule has 0 atom stereocenters. The number of halogens is 4. The average Bonchev–Trinajstić information content (AvgIpc) is 2.55. The predicted octanol–water partition coefficient (Wildman–Crippen LogP) is 3.56. The van der Waals surface area contributed by atoms with Crippen LogP contribution in [0.2, 0.25) is 0 Å². The topological polar surface area (TPSA) is 19.4 Å². The van der Waals surface area contributed by atoms with E-state index in [2.05, 4.69) is 9.88 Å². The van der Waals surface area contributed by atoms with Crippen LogP contribution in [0.25, 0.3) is 0 Å². The minimum Gasteiger partial charge on any atom is -0.354 e. The van der Waals surface area contributed by atoms with Gasteiger partial charge in [-0.05, 0) is 29.8 Å². The highest BCUT2D eigenvalue weighted by Crippen LogP contribution is 2.29. The Hall–Kier alpha value is -2.15.